The zero-order valence-electron chi connectivity index (χ0n) is 15.5. The summed E-state index contributed by atoms with van der Waals surface area (Å²) in [5.41, 5.74) is 2.13. The Hall–Kier alpha value is -2.89. The number of rotatable bonds is 4. The van der Waals surface area contributed by atoms with Crippen molar-refractivity contribution < 1.29 is 23.7 Å². The lowest BCUT2D eigenvalue weighted by molar-refractivity contribution is 0.102. The number of likely N-dealkylation sites (tertiary alicyclic amines) is 1. The van der Waals surface area contributed by atoms with Gasteiger partial charge in [-0.15, -0.1) is 0 Å². The van der Waals surface area contributed by atoms with Crippen LogP contribution in [-0.4, -0.2) is 38.0 Å². The summed E-state index contributed by atoms with van der Waals surface area (Å²) in [6.45, 7) is 3.01. The van der Waals surface area contributed by atoms with Crippen LogP contribution in [0.1, 0.15) is 36.4 Å². The van der Waals surface area contributed by atoms with Gasteiger partial charge >= 0.3 is 6.09 Å². The first-order valence-electron chi connectivity index (χ1n) is 9.17. The number of benzene rings is 2. The largest absolute Gasteiger partial charge is 0.496 e. The molecule has 0 bridgehead atoms. The molecule has 0 aromatic heterocycles. The Morgan fingerprint density at radius 1 is 1.19 bits per heavy atom. The number of fused-ring (bicyclic) bond motifs is 1. The van der Waals surface area contributed by atoms with Crippen molar-refractivity contribution in [2.75, 3.05) is 27.1 Å². The summed E-state index contributed by atoms with van der Waals surface area (Å²) < 4.78 is 21.8. The molecule has 1 fully saturated rings. The summed E-state index contributed by atoms with van der Waals surface area (Å²) >= 11 is 0. The summed E-state index contributed by atoms with van der Waals surface area (Å²) in [5.74, 6) is 2.48. The van der Waals surface area contributed by atoms with Gasteiger partial charge in [0.15, 0.2) is 11.5 Å². The van der Waals surface area contributed by atoms with Crippen molar-refractivity contribution in [1.82, 2.24) is 4.90 Å². The van der Waals surface area contributed by atoms with Crippen LogP contribution in [0.5, 0.6) is 17.2 Å². The molecule has 1 saturated heterocycles. The predicted octanol–water partition coefficient (Wildman–Crippen LogP) is 4.11. The third kappa shape index (κ3) is 3.27. The molecule has 0 aliphatic carbocycles. The van der Waals surface area contributed by atoms with Crippen LogP contribution in [-0.2, 0) is 4.74 Å². The van der Waals surface area contributed by atoms with Crippen LogP contribution in [0.2, 0.25) is 0 Å². The average molecular weight is 369 g/mol. The van der Waals surface area contributed by atoms with Crippen molar-refractivity contribution in [3.05, 3.63) is 53.6 Å². The smallest absolute Gasteiger partial charge is 0.410 e. The third-order valence-corrected chi connectivity index (χ3v) is 5.17. The summed E-state index contributed by atoms with van der Waals surface area (Å²) in [4.78, 5) is 14.4. The lowest BCUT2D eigenvalue weighted by atomic mass is 9.93. The van der Waals surface area contributed by atoms with Crippen LogP contribution in [0.15, 0.2) is 42.5 Å². The van der Waals surface area contributed by atoms with E-state index in [0.29, 0.717) is 13.2 Å². The van der Waals surface area contributed by atoms with Crippen LogP contribution in [0, 0.1) is 0 Å². The van der Waals surface area contributed by atoms with Crippen LogP contribution in [0.4, 0.5) is 4.79 Å². The van der Waals surface area contributed by atoms with Gasteiger partial charge in [0, 0.05) is 18.0 Å². The van der Waals surface area contributed by atoms with E-state index in [9.17, 15) is 4.79 Å². The van der Waals surface area contributed by atoms with Gasteiger partial charge in [-0.2, -0.15) is 0 Å². The Morgan fingerprint density at radius 2 is 2.00 bits per heavy atom. The van der Waals surface area contributed by atoms with E-state index in [2.05, 4.69) is 0 Å². The Balaban J connectivity index is 1.66. The molecule has 142 valence electrons. The maximum atomic E-state index is 12.6. The fourth-order valence-corrected chi connectivity index (χ4v) is 3.89. The summed E-state index contributed by atoms with van der Waals surface area (Å²) in [6, 6.07) is 13.7. The fourth-order valence-electron chi connectivity index (χ4n) is 3.89. The zero-order chi connectivity index (χ0) is 18.8. The van der Waals surface area contributed by atoms with Crippen molar-refractivity contribution in [2.45, 2.75) is 25.3 Å². The molecule has 2 unspecified atom stereocenters. The second-order valence-corrected chi connectivity index (χ2v) is 6.65. The van der Waals surface area contributed by atoms with Gasteiger partial charge in [-0.1, -0.05) is 24.3 Å². The first-order valence-corrected chi connectivity index (χ1v) is 9.17. The number of ether oxygens (including phenoxy) is 4. The molecule has 0 radical (unpaired) electrons. The van der Waals surface area contributed by atoms with Gasteiger partial charge in [0.1, 0.15) is 5.75 Å². The fraction of sp³-hybridized carbons (Fsp3) is 0.381. The molecule has 2 aliphatic rings. The van der Waals surface area contributed by atoms with Gasteiger partial charge < -0.3 is 23.8 Å². The normalized spacial score (nSPS) is 20.6. The molecule has 6 nitrogen and oxygen atoms in total. The lowest BCUT2D eigenvalue weighted by Gasteiger charge is -2.25. The highest BCUT2D eigenvalue weighted by atomic mass is 16.7. The van der Waals surface area contributed by atoms with Gasteiger partial charge in [-0.25, -0.2) is 4.79 Å². The SMILES string of the molecule is CCOC(=O)N1CC(c2ccc3c(c2)OCO3)CC1c1ccccc1OC. The molecular weight excluding hydrogens is 346 g/mol. The molecule has 0 saturated carbocycles. The first-order chi connectivity index (χ1) is 13.2. The van der Waals surface area contributed by atoms with Crippen LogP contribution >= 0.6 is 0 Å². The molecule has 2 aromatic rings. The number of carbonyl (C=O) groups is 1. The molecule has 4 rings (SSSR count). The van der Waals surface area contributed by atoms with E-state index in [1.807, 2.05) is 49.4 Å². The lowest BCUT2D eigenvalue weighted by Crippen LogP contribution is -2.31. The van der Waals surface area contributed by atoms with Crippen LogP contribution in [0.3, 0.4) is 0 Å². The molecule has 2 atom stereocenters. The number of methoxy groups -OCH3 is 1. The van der Waals surface area contributed by atoms with Gasteiger partial charge in [0.25, 0.3) is 0 Å². The third-order valence-electron chi connectivity index (χ3n) is 5.17. The topological polar surface area (TPSA) is 57.2 Å². The first kappa shape index (κ1) is 17.5. The zero-order valence-corrected chi connectivity index (χ0v) is 15.5. The van der Waals surface area contributed by atoms with Gasteiger partial charge in [0.2, 0.25) is 6.79 Å². The van der Waals surface area contributed by atoms with Crippen LogP contribution in [0.25, 0.3) is 0 Å². The number of hydrogen-bond acceptors (Lipinski definition) is 5. The Morgan fingerprint density at radius 3 is 2.81 bits per heavy atom. The second kappa shape index (κ2) is 7.39. The number of nitrogens with zero attached hydrogens (tertiary/aromatic N) is 1. The molecule has 1 amide bonds. The molecule has 0 N–H and O–H groups in total. The van der Waals surface area contributed by atoms with E-state index in [1.165, 1.54) is 0 Å². The maximum Gasteiger partial charge on any atom is 0.410 e. The molecule has 0 spiro atoms. The van der Waals surface area contributed by atoms with E-state index in [1.54, 1.807) is 12.0 Å². The molecule has 2 aromatic carbocycles. The minimum Gasteiger partial charge on any atom is -0.496 e. The summed E-state index contributed by atoms with van der Waals surface area (Å²) in [7, 11) is 1.65. The Bertz CT molecular complexity index is 837. The number of hydrogen-bond donors (Lipinski definition) is 0. The Labute approximate surface area is 158 Å². The highest BCUT2D eigenvalue weighted by Crippen LogP contribution is 2.45. The quantitative estimate of drug-likeness (QED) is 0.812. The monoisotopic (exact) mass is 369 g/mol. The van der Waals surface area contributed by atoms with Crippen LogP contribution < -0.4 is 14.2 Å². The Kier molecular flexibility index (Phi) is 4.79. The molecule has 27 heavy (non-hydrogen) atoms. The number of carbonyl (C=O) groups excluding carboxylic acids is 1. The highest BCUT2D eigenvalue weighted by molar-refractivity contribution is 5.69. The van der Waals surface area contributed by atoms with E-state index in [4.69, 9.17) is 18.9 Å². The molecule has 2 heterocycles. The summed E-state index contributed by atoms with van der Waals surface area (Å²) in [5, 5.41) is 0. The average Bonchev–Trinajstić information content (AvgIpc) is 3.34. The minimum absolute atomic E-state index is 0.101. The standard InChI is InChI=1S/C21H23NO5/c1-3-25-21(23)22-12-15(14-8-9-19-20(11-14)27-13-26-19)10-17(22)16-6-4-5-7-18(16)24-2/h4-9,11,15,17H,3,10,12-13H2,1-2H3. The van der Waals surface area contributed by atoms with Gasteiger partial charge in [-0.3, -0.25) is 0 Å². The van der Waals surface area contributed by atoms with Crippen molar-refractivity contribution in [1.29, 1.82) is 0 Å². The molecule has 2 aliphatic heterocycles. The van der Waals surface area contributed by atoms with Crippen molar-refractivity contribution in [2.24, 2.45) is 0 Å². The maximum absolute atomic E-state index is 12.6. The number of para-hydroxylation sites is 1. The molecular formula is C21H23NO5. The van der Waals surface area contributed by atoms with Crippen molar-refractivity contribution in [3.8, 4) is 17.2 Å². The van der Waals surface area contributed by atoms with Crippen molar-refractivity contribution >= 4 is 6.09 Å². The highest BCUT2D eigenvalue weighted by Gasteiger charge is 2.39. The van der Waals surface area contributed by atoms with E-state index >= 15 is 0 Å². The van der Waals surface area contributed by atoms with E-state index < -0.39 is 0 Å². The van der Waals surface area contributed by atoms with Gasteiger partial charge in [-0.05, 0) is 37.1 Å². The predicted molar refractivity (Wildman–Crippen MR) is 99.4 cm³/mol. The van der Waals surface area contributed by atoms with E-state index in [-0.39, 0.29) is 24.8 Å². The second-order valence-electron chi connectivity index (χ2n) is 6.65. The van der Waals surface area contributed by atoms with E-state index in [0.717, 1.165) is 34.8 Å². The van der Waals surface area contributed by atoms with Crippen molar-refractivity contribution in [3.63, 3.8) is 0 Å². The minimum atomic E-state index is -0.295. The van der Waals surface area contributed by atoms with Gasteiger partial charge in [0.05, 0.1) is 19.8 Å². The molecule has 6 heteroatoms. The number of amides is 1. The summed E-state index contributed by atoms with van der Waals surface area (Å²) in [6.07, 6.45) is 0.496.